The van der Waals surface area contributed by atoms with E-state index < -0.39 is 5.97 Å². The van der Waals surface area contributed by atoms with Gasteiger partial charge in [-0.05, 0) is 37.5 Å². The van der Waals surface area contributed by atoms with Gasteiger partial charge in [0.15, 0.2) is 5.71 Å². The second-order valence-electron chi connectivity index (χ2n) is 9.37. The fraction of sp³-hybridized carbons (Fsp3) is 0.357. The number of carboxylic acid groups (broad SMARTS) is 1. The molecule has 0 amide bonds. The topological polar surface area (TPSA) is 58.8 Å². The van der Waals surface area contributed by atoms with Crippen LogP contribution in [0.15, 0.2) is 65.9 Å². The molecule has 0 fully saturated rings. The largest absolute Gasteiger partial charge is 1.00 e. The molecule has 4 rings (SSSR count). The molecule has 1 heterocycles. The second kappa shape index (κ2) is 10.9. The van der Waals surface area contributed by atoms with E-state index in [2.05, 4.69) is 61.9 Å². The molecule has 180 valence electrons. The van der Waals surface area contributed by atoms with Gasteiger partial charge in [-0.3, -0.25) is 4.79 Å². The van der Waals surface area contributed by atoms with Gasteiger partial charge in [-0.1, -0.05) is 32.0 Å². The highest BCUT2D eigenvalue weighted by molar-refractivity contribution is 5.96. The van der Waals surface area contributed by atoms with E-state index in [0.29, 0.717) is 13.0 Å². The number of hydrogen-bond acceptors (Lipinski definition) is 3. The number of nitrogens with zero attached hydrogens (tertiary/aromatic N) is 1. The molecular weight excluding hydrogens is 450 g/mol. The molecule has 0 aromatic heterocycles. The molecule has 34 heavy (non-hydrogen) atoms. The Morgan fingerprint density at radius 3 is 2.59 bits per heavy atom. The number of allylic oxidation sites excluding steroid dienone is 2. The maximum Gasteiger partial charge on any atom is 0.303 e. The van der Waals surface area contributed by atoms with Crippen LogP contribution in [0.4, 0.5) is 5.69 Å². The Balaban J connectivity index is 0.00000324. The van der Waals surface area contributed by atoms with Crippen molar-refractivity contribution in [3.63, 3.8) is 0 Å². The Hall–Kier alpha value is -3.05. The second-order valence-corrected chi connectivity index (χ2v) is 9.37. The number of fused-ring (bicyclic) bond motifs is 2. The van der Waals surface area contributed by atoms with E-state index in [-0.39, 0.29) is 24.2 Å². The van der Waals surface area contributed by atoms with Crippen molar-refractivity contribution in [2.24, 2.45) is 5.41 Å². The zero-order valence-corrected chi connectivity index (χ0v) is 20.8. The van der Waals surface area contributed by atoms with E-state index in [0.717, 1.165) is 47.8 Å². The maximum absolute atomic E-state index is 10.6. The summed E-state index contributed by atoms with van der Waals surface area (Å²) in [6.07, 6.45) is 7.89. The molecule has 2 aromatic rings. The van der Waals surface area contributed by atoms with Crippen LogP contribution < -0.4 is 21.9 Å². The number of hydrogen-bond donors (Lipinski definition) is 1. The van der Waals surface area contributed by atoms with Crippen LogP contribution in [0.3, 0.4) is 0 Å². The summed E-state index contributed by atoms with van der Waals surface area (Å²) in [4.78, 5) is 10.6. The third-order valence-electron chi connectivity index (χ3n) is 6.30. The van der Waals surface area contributed by atoms with Crippen LogP contribution in [-0.4, -0.2) is 35.0 Å². The number of unbranched alkanes of at least 4 members (excludes halogenated alkanes) is 2. The zero-order chi connectivity index (χ0) is 23.4. The normalized spacial score (nSPS) is 17.1. The molecule has 2 aliphatic rings. The fourth-order valence-corrected chi connectivity index (χ4v) is 4.38. The summed E-state index contributed by atoms with van der Waals surface area (Å²) in [6.45, 7) is 5.09. The van der Waals surface area contributed by atoms with Crippen LogP contribution in [-0.2, 0) is 4.79 Å². The molecule has 0 saturated heterocycles. The first-order chi connectivity index (χ1) is 15.8. The van der Waals surface area contributed by atoms with Gasteiger partial charge in [0.25, 0.3) is 0 Å². The Morgan fingerprint density at radius 2 is 1.85 bits per heavy atom. The molecule has 5 nitrogen and oxygen atoms in total. The van der Waals surface area contributed by atoms with E-state index in [9.17, 15) is 4.79 Å². The van der Waals surface area contributed by atoms with Gasteiger partial charge < -0.3 is 27.0 Å². The lowest BCUT2D eigenvalue weighted by Crippen LogP contribution is -3.00. The maximum atomic E-state index is 10.6. The van der Waals surface area contributed by atoms with Gasteiger partial charge in [0.2, 0.25) is 5.69 Å². The summed E-state index contributed by atoms with van der Waals surface area (Å²) in [5.74, 6) is 1.71. The van der Waals surface area contributed by atoms with Gasteiger partial charge in [-0.15, -0.1) is 0 Å². The number of para-hydroxylation sites is 1. The molecule has 0 unspecified atom stereocenters. The van der Waals surface area contributed by atoms with Gasteiger partial charge in [0, 0.05) is 53.7 Å². The molecular formula is C28H32ClNO4. The average Bonchev–Trinajstić information content (AvgIpc) is 2.79. The first-order valence-electron chi connectivity index (χ1n) is 11.6. The van der Waals surface area contributed by atoms with Gasteiger partial charge in [0.05, 0.1) is 6.61 Å². The highest BCUT2D eigenvalue weighted by atomic mass is 35.5. The van der Waals surface area contributed by atoms with Gasteiger partial charge in [-0.2, -0.15) is 4.58 Å². The van der Waals surface area contributed by atoms with Crippen molar-refractivity contribution in [1.82, 2.24) is 0 Å². The van der Waals surface area contributed by atoms with Crippen molar-refractivity contribution in [1.29, 1.82) is 0 Å². The van der Waals surface area contributed by atoms with Crippen LogP contribution in [0, 0.1) is 5.41 Å². The molecule has 1 aliphatic carbocycles. The highest BCUT2D eigenvalue weighted by Crippen LogP contribution is 2.46. The Bertz CT molecular complexity index is 1130. The molecule has 0 radical (unpaired) electrons. The first kappa shape index (κ1) is 25.6. The zero-order valence-electron chi connectivity index (χ0n) is 20.0. The van der Waals surface area contributed by atoms with E-state index in [1.165, 1.54) is 11.3 Å². The van der Waals surface area contributed by atoms with Crippen molar-refractivity contribution in [2.45, 2.75) is 46.0 Å². The van der Waals surface area contributed by atoms with Gasteiger partial charge in [0.1, 0.15) is 24.3 Å². The van der Waals surface area contributed by atoms with Gasteiger partial charge >= 0.3 is 5.97 Å². The number of halogens is 1. The van der Waals surface area contributed by atoms with Crippen LogP contribution >= 0.6 is 0 Å². The van der Waals surface area contributed by atoms with Crippen molar-refractivity contribution < 1.29 is 36.4 Å². The van der Waals surface area contributed by atoms with Crippen molar-refractivity contribution in [3.8, 4) is 11.5 Å². The van der Waals surface area contributed by atoms with Crippen LogP contribution in [0.5, 0.6) is 11.5 Å². The minimum absolute atomic E-state index is 0. The Kier molecular flexibility index (Phi) is 8.21. The standard InChI is InChI=1S/C28H31NO4.ClH/c1-28(2)19-22(29(3)21-10-6-4-7-11-21)17-26-24(28)16-20-13-14-23(18-25(20)33-26)32-15-9-5-8-12-27(30)31;/h4,6-7,10-11,13-14,16-18H,5,8-9,12,15,19H2,1-3H3;1H. The van der Waals surface area contributed by atoms with E-state index in [1.807, 2.05) is 24.3 Å². The van der Waals surface area contributed by atoms with Gasteiger partial charge in [-0.25, -0.2) is 0 Å². The third kappa shape index (κ3) is 5.89. The lowest BCUT2D eigenvalue weighted by Gasteiger charge is -2.35. The van der Waals surface area contributed by atoms with Crippen molar-refractivity contribution >= 4 is 23.4 Å². The minimum Gasteiger partial charge on any atom is -1.00 e. The monoisotopic (exact) mass is 481 g/mol. The quantitative estimate of drug-likeness (QED) is 0.464. The first-order valence-corrected chi connectivity index (χ1v) is 11.6. The number of carbonyl (C=O) groups is 1. The van der Waals surface area contributed by atoms with Crippen LogP contribution in [0.25, 0.3) is 6.08 Å². The number of aliphatic carboxylic acids is 1. The smallest absolute Gasteiger partial charge is 0.303 e. The summed E-state index contributed by atoms with van der Waals surface area (Å²) in [6, 6.07) is 16.3. The molecule has 0 bridgehead atoms. The minimum atomic E-state index is -0.745. The summed E-state index contributed by atoms with van der Waals surface area (Å²) in [5.41, 5.74) is 4.60. The highest BCUT2D eigenvalue weighted by Gasteiger charge is 2.38. The summed E-state index contributed by atoms with van der Waals surface area (Å²) in [7, 11) is 2.10. The fourth-order valence-electron chi connectivity index (χ4n) is 4.38. The lowest BCUT2D eigenvalue weighted by atomic mass is 9.73. The van der Waals surface area contributed by atoms with E-state index >= 15 is 0 Å². The van der Waals surface area contributed by atoms with Crippen molar-refractivity contribution in [3.05, 3.63) is 71.5 Å². The Morgan fingerprint density at radius 1 is 1.09 bits per heavy atom. The lowest BCUT2D eigenvalue weighted by molar-refractivity contribution is -0.406. The number of ether oxygens (including phenoxy) is 2. The number of benzene rings is 2. The molecule has 6 heteroatoms. The summed E-state index contributed by atoms with van der Waals surface area (Å²) >= 11 is 0. The summed E-state index contributed by atoms with van der Waals surface area (Å²) in [5, 5.41) is 8.72. The van der Waals surface area contributed by atoms with E-state index in [1.54, 1.807) is 0 Å². The van der Waals surface area contributed by atoms with Crippen LogP contribution in [0.2, 0.25) is 0 Å². The molecule has 1 N–H and O–H groups in total. The van der Waals surface area contributed by atoms with E-state index in [4.69, 9.17) is 14.6 Å². The average molecular weight is 482 g/mol. The number of rotatable bonds is 8. The Labute approximate surface area is 207 Å². The molecule has 0 spiro atoms. The molecule has 0 saturated carbocycles. The predicted molar refractivity (Wildman–Crippen MR) is 130 cm³/mol. The number of carboxylic acids is 1. The SMILES string of the molecule is C[N+](=C1C=C2Oc3cc(OCCCCCC(=O)O)ccc3C=C2C(C)(C)C1)c1ccccc1.[Cl-]. The molecule has 1 aliphatic heterocycles. The van der Waals surface area contributed by atoms with Crippen molar-refractivity contribution in [2.75, 3.05) is 13.7 Å². The molecule has 2 aromatic carbocycles. The summed E-state index contributed by atoms with van der Waals surface area (Å²) < 4.78 is 14.5. The molecule has 0 atom stereocenters. The predicted octanol–water partition coefficient (Wildman–Crippen LogP) is 3.22. The third-order valence-corrected chi connectivity index (χ3v) is 6.30. The van der Waals surface area contributed by atoms with Crippen LogP contribution in [0.1, 0.15) is 51.5 Å².